The minimum Gasteiger partial charge on any atom is -0.449 e. The molecular formula is C21H17N3O4. The topological polar surface area (TPSA) is 105 Å². The first-order chi connectivity index (χ1) is 13.5. The van der Waals surface area contributed by atoms with Gasteiger partial charge in [-0.1, -0.05) is 25.1 Å². The van der Waals surface area contributed by atoms with Crippen LogP contribution < -0.4 is 5.56 Å². The third kappa shape index (κ3) is 2.02. The number of nitrogens with zero attached hydrogens (tertiary/aromatic N) is 2. The summed E-state index contributed by atoms with van der Waals surface area (Å²) in [4.78, 5) is 30.4. The highest BCUT2D eigenvalue weighted by Crippen LogP contribution is 2.41. The molecule has 4 heterocycles. The van der Waals surface area contributed by atoms with E-state index in [1.165, 1.54) is 0 Å². The number of benzene rings is 1. The Hall–Kier alpha value is -3.32. The molecule has 0 aliphatic carbocycles. The Morgan fingerprint density at radius 1 is 1.36 bits per heavy atom. The molecule has 140 valence electrons. The molecule has 0 radical (unpaired) electrons. The van der Waals surface area contributed by atoms with E-state index in [9.17, 15) is 14.7 Å². The van der Waals surface area contributed by atoms with E-state index in [1.54, 1.807) is 17.6 Å². The van der Waals surface area contributed by atoms with Crippen molar-refractivity contribution in [1.29, 1.82) is 5.41 Å². The van der Waals surface area contributed by atoms with Gasteiger partial charge in [-0.2, -0.15) is 0 Å². The van der Waals surface area contributed by atoms with Gasteiger partial charge >= 0.3 is 5.97 Å². The van der Waals surface area contributed by atoms with Gasteiger partial charge in [-0.25, -0.2) is 9.78 Å². The average Bonchev–Trinajstić information content (AvgIpc) is 3.07. The minimum atomic E-state index is -1.91. The Kier molecular flexibility index (Phi) is 3.36. The van der Waals surface area contributed by atoms with Crippen molar-refractivity contribution in [3.8, 4) is 11.4 Å². The first-order valence-corrected chi connectivity index (χ1v) is 9.09. The summed E-state index contributed by atoms with van der Waals surface area (Å²) in [6.07, 6.45) is -0.130. The Labute approximate surface area is 159 Å². The predicted octanol–water partition coefficient (Wildman–Crippen LogP) is 2.27. The van der Waals surface area contributed by atoms with E-state index >= 15 is 0 Å². The van der Waals surface area contributed by atoms with Gasteiger partial charge in [-0.3, -0.25) is 4.79 Å². The Balaban J connectivity index is 1.83. The summed E-state index contributed by atoms with van der Waals surface area (Å²) >= 11 is 0. The average molecular weight is 375 g/mol. The molecule has 0 amide bonds. The van der Waals surface area contributed by atoms with Crippen LogP contribution in [0.5, 0.6) is 0 Å². The van der Waals surface area contributed by atoms with E-state index in [0.717, 1.165) is 22.7 Å². The van der Waals surface area contributed by atoms with Crippen LogP contribution >= 0.6 is 0 Å². The van der Waals surface area contributed by atoms with Crippen molar-refractivity contribution in [2.45, 2.75) is 31.6 Å². The molecule has 2 aliphatic heterocycles. The number of para-hydroxylation sites is 1. The van der Waals surface area contributed by atoms with E-state index in [2.05, 4.69) is 0 Å². The second kappa shape index (κ2) is 5.59. The number of pyridine rings is 2. The van der Waals surface area contributed by atoms with Crippen molar-refractivity contribution in [3.05, 3.63) is 63.4 Å². The van der Waals surface area contributed by atoms with Gasteiger partial charge in [-0.05, 0) is 24.6 Å². The number of ether oxygens (including phenoxy) is 1. The van der Waals surface area contributed by atoms with Gasteiger partial charge < -0.3 is 19.8 Å². The zero-order valence-corrected chi connectivity index (χ0v) is 15.1. The highest BCUT2D eigenvalue weighted by Gasteiger charge is 2.48. The van der Waals surface area contributed by atoms with E-state index in [4.69, 9.17) is 15.1 Å². The Morgan fingerprint density at radius 3 is 2.89 bits per heavy atom. The molecule has 5 rings (SSSR count). The van der Waals surface area contributed by atoms with Crippen molar-refractivity contribution in [1.82, 2.24) is 9.55 Å². The number of aliphatic hydroxyl groups is 1. The molecule has 7 heteroatoms. The van der Waals surface area contributed by atoms with Crippen LogP contribution in [0.4, 0.5) is 0 Å². The van der Waals surface area contributed by atoms with Gasteiger partial charge in [0.25, 0.3) is 5.56 Å². The fourth-order valence-corrected chi connectivity index (χ4v) is 4.14. The summed E-state index contributed by atoms with van der Waals surface area (Å²) in [5.74, 6) is -0.843. The summed E-state index contributed by atoms with van der Waals surface area (Å²) in [5, 5.41) is 19.5. The van der Waals surface area contributed by atoms with Crippen LogP contribution in [0.1, 0.15) is 36.1 Å². The summed E-state index contributed by atoms with van der Waals surface area (Å²) in [6.45, 7) is 2.00. The van der Waals surface area contributed by atoms with Gasteiger partial charge in [0, 0.05) is 22.7 Å². The largest absolute Gasteiger partial charge is 0.449 e. The highest BCUT2D eigenvalue weighted by molar-refractivity contribution is 5.88. The third-order valence-corrected chi connectivity index (χ3v) is 5.68. The van der Waals surface area contributed by atoms with Gasteiger partial charge in [0.15, 0.2) is 11.7 Å². The molecule has 28 heavy (non-hydrogen) atoms. The number of nitrogens with one attached hydrogen (secondary N) is 1. The van der Waals surface area contributed by atoms with Crippen LogP contribution in [-0.2, 0) is 21.7 Å². The zero-order valence-electron chi connectivity index (χ0n) is 15.1. The summed E-state index contributed by atoms with van der Waals surface area (Å²) in [5.41, 5.74) is 1.00. The van der Waals surface area contributed by atoms with E-state index in [1.807, 2.05) is 30.3 Å². The number of esters is 1. The van der Waals surface area contributed by atoms with Gasteiger partial charge in [0.05, 0.1) is 29.0 Å². The van der Waals surface area contributed by atoms with Crippen LogP contribution in [0.25, 0.3) is 22.3 Å². The summed E-state index contributed by atoms with van der Waals surface area (Å²) < 4.78 is 6.76. The normalized spacial score (nSPS) is 22.4. The Morgan fingerprint density at radius 2 is 2.14 bits per heavy atom. The molecule has 0 bridgehead atoms. The number of hydrogen-bond donors (Lipinski definition) is 2. The molecule has 7 nitrogen and oxygen atoms in total. The molecule has 1 aromatic carbocycles. The number of hydrogen-bond acceptors (Lipinski definition) is 6. The standard InChI is InChI=1S/C21H17N3O4/c1-2-21(27)13-8-15-18-12(7-11-5-3-4-6-14(11)23-18)10-24(15)19(25)17(13)16(9-22)28-20(21)26/h3-9,16,22,27H,2,10H2,1H3/t16?,21-/m0/s1. The number of carbonyl (C=O) groups is 1. The van der Waals surface area contributed by atoms with Crippen molar-refractivity contribution < 1.29 is 14.6 Å². The van der Waals surface area contributed by atoms with Crippen molar-refractivity contribution in [2.24, 2.45) is 0 Å². The number of rotatable bonds is 2. The van der Waals surface area contributed by atoms with Crippen molar-refractivity contribution in [2.75, 3.05) is 0 Å². The smallest absolute Gasteiger partial charge is 0.343 e. The van der Waals surface area contributed by atoms with Crippen LogP contribution in [0, 0.1) is 5.41 Å². The molecular weight excluding hydrogens is 358 g/mol. The summed E-state index contributed by atoms with van der Waals surface area (Å²) in [6, 6.07) is 11.4. The number of aromatic nitrogens is 2. The Bertz CT molecular complexity index is 1250. The van der Waals surface area contributed by atoms with Crippen LogP contribution in [0.2, 0.25) is 0 Å². The van der Waals surface area contributed by atoms with Crippen molar-refractivity contribution in [3.63, 3.8) is 0 Å². The van der Waals surface area contributed by atoms with E-state index < -0.39 is 17.7 Å². The monoisotopic (exact) mass is 375 g/mol. The maximum absolute atomic E-state index is 13.3. The quantitative estimate of drug-likeness (QED) is 0.413. The molecule has 1 unspecified atom stereocenters. The maximum Gasteiger partial charge on any atom is 0.343 e. The predicted molar refractivity (Wildman–Crippen MR) is 102 cm³/mol. The lowest BCUT2D eigenvalue weighted by molar-refractivity contribution is -0.173. The molecule has 3 aromatic rings. The first kappa shape index (κ1) is 16.8. The lowest BCUT2D eigenvalue weighted by atomic mass is 9.83. The molecule has 2 aromatic heterocycles. The lowest BCUT2D eigenvalue weighted by Gasteiger charge is -2.34. The SMILES string of the molecule is CC[C@@]1(O)C(=O)OC(C=N)c2c1cc1n(c2=O)Cc2cc3ccccc3nc2-1. The van der Waals surface area contributed by atoms with E-state index in [-0.39, 0.29) is 23.1 Å². The molecule has 0 fully saturated rings. The van der Waals surface area contributed by atoms with E-state index in [0.29, 0.717) is 17.9 Å². The molecule has 0 spiro atoms. The number of fused-ring (bicyclic) bond motifs is 5. The molecule has 2 aliphatic rings. The van der Waals surface area contributed by atoms with Crippen LogP contribution in [0.3, 0.4) is 0 Å². The third-order valence-electron chi connectivity index (χ3n) is 5.68. The van der Waals surface area contributed by atoms with Gasteiger partial charge in [0.2, 0.25) is 0 Å². The zero-order chi connectivity index (χ0) is 19.6. The summed E-state index contributed by atoms with van der Waals surface area (Å²) in [7, 11) is 0. The second-order valence-corrected chi connectivity index (χ2v) is 7.14. The second-order valence-electron chi connectivity index (χ2n) is 7.14. The highest BCUT2D eigenvalue weighted by atomic mass is 16.6. The number of carbonyl (C=O) groups excluding carboxylic acids is 1. The van der Waals surface area contributed by atoms with Gasteiger partial charge in [0.1, 0.15) is 0 Å². The van der Waals surface area contributed by atoms with Crippen LogP contribution in [-0.4, -0.2) is 26.8 Å². The lowest BCUT2D eigenvalue weighted by Crippen LogP contribution is -2.46. The maximum atomic E-state index is 13.3. The van der Waals surface area contributed by atoms with Crippen LogP contribution in [0.15, 0.2) is 41.2 Å². The fraction of sp³-hybridized carbons (Fsp3) is 0.238. The van der Waals surface area contributed by atoms with Crippen molar-refractivity contribution >= 4 is 23.1 Å². The molecule has 0 saturated carbocycles. The molecule has 2 atom stereocenters. The number of cyclic esters (lactones) is 1. The molecule has 0 saturated heterocycles. The molecule has 2 N–H and O–H groups in total. The minimum absolute atomic E-state index is 0.0600. The fourth-order valence-electron chi connectivity index (χ4n) is 4.14. The van der Waals surface area contributed by atoms with Gasteiger partial charge in [-0.15, -0.1) is 0 Å². The first-order valence-electron chi connectivity index (χ1n) is 9.09.